The summed E-state index contributed by atoms with van der Waals surface area (Å²) in [7, 11) is -1.77. The summed E-state index contributed by atoms with van der Waals surface area (Å²) in [6.07, 6.45) is 1.06. The summed E-state index contributed by atoms with van der Waals surface area (Å²) in [5, 5.41) is 19.4. The van der Waals surface area contributed by atoms with Crippen molar-refractivity contribution in [1.29, 1.82) is 0 Å². The van der Waals surface area contributed by atoms with E-state index >= 15 is 0 Å². The van der Waals surface area contributed by atoms with Crippen molar-refractivity contribution in [2.24, 2.45) is 0 Å². The Morgan fingerprint density at radius 2 is 1.44 bits per heavy atom. The van der Waals surface area contributed by atoms with Crippen LogP contribution in [0.5, 0.6) is 0 Å². The number of rotatable bonds is 2. The zero-order chi connectivity index (χ0) is 12.6. The van der Waals surface area contributed by atoms with E-state index in [-0.39, 0.29) is 11.1 Å². The third-order valence-corrected chi connectivity index (χ3v) is 8.42. The third-order valence-electron chi connectivity index (χ3n) is 3.88. The van der Waals surface area contributed by atoms with Crippen LogP contribution in [0.3, 0.4) is 0 Å². The highest BCUT2D eigenvalue weighted by atomic mass is 28.4. The van der Waals surface area contributed by atoms with Crippen LogP contribution in [0, 0.1) is 0 Å². The molecule has 3 nitrogen and oxygen atoms in total. The van der Waals surface area contributed by atoms with Crippen LogP contribution >= 0.6 is 0 Å². The number of hydrogen-bond donors (Lipinski definition) is 2. The normalized spacial score (nSPS) is 32.8. The standard InChI is InChI=1S/C12H26O3Si/c1-12(2,3)16(4,5)15-11-7-9(13)6-10(14)8-11/h9-11,13-14H,6-8H2,1-5H3. The van der Waals surface area contributed by atoms with Crippen LogP contribution < -0.4 is 0 Å². The molecule has 0 aliphatic heterocycles. The van der Waals surface area contributed by atoms with E-state index in [9.17, 15) is 10.2 Å². The fourth-order valence-electron chi connectivity index (χ4n) is 1.90. The minimum absolute atomic E-state index is 0.0274. The smallest absolute Gasteiger partial charge is 0.192 e. The number of aliphatic hydroxyl groups excluding tert-OH is 2. The van der Waals surface area contributed by atoms with Gasteiger partial charge in [-0.3, -0.25) is 0 Å². The Bertz CT molecular complexity index is 225. The molecule has 0 aromatic heterocycles. The molecule has 0 saturated heterocycles. The lowest BCUT2D eigenvalue weighted by molar-refractivity contribution is -0.0199. The van der Waals surface area contributed by atoms with Crippen molar-refractivity contribution in [1.82, 2.24) is 0 Å². The van der Waals surface area contributed by atoms with Crippen LogP contribution in [0.25, 0.3) is 0 Å². The number of hydrogen-bond acceptors (Lipinski definition) is 3. The van der Waals surface area contributed by atoms with Crippen LogP contribution in [0.1, 0.15) is 40.0 Å². The second-order valence-corrected chi connectivity index (χ2v) is 11.3. The molecule has 0 heterocycles. The van der Waals surface area contributed by atoms with Gasteiger partial charge in [-0.05, 0) is 37.4 Å². The molecule has 2 N–H and O–H groups in total. The zero-order valence-corrected chi connectivity index (χ0v) is 12.2. The topological polar surface area (TPSA) is 49.7 Å². The molecule has 0 radical (unpaired) electrons. The maximum Gasteiger partial charge on any atom is 0.192 e. The lowest BCUT2D eigenvalue weighted by Crippen LogP contribution is -2.47. The van der Waals surface area contributed by atoms with Crippen molar-refractivity contribution in [3.63, 3.8) is 0 Å². The van der Waals surface area contributed by atoms with E-state index in [1.165, 1.54) is 0 Å². The van der Waals surface area contributed by atoms with E-state index in [2.05, 4.69) is 33.9 Å². The molecule has 1 aliphatic rings. The van der Waals surface area contributed by atoms with Crippen molar-refractivity contribution in [2.45, 2.75) is 76.5 Å². The molecule has 1 aliphatic carbocycles. The lowest BCUT2D eigenvalue weighted by Gasteiger charge is -2.41. The first-order chi connectivity index (χ1) is 7.12. The van der Waals surface area contributed by atoms with Gasteiger partial charge in [0.05, 0.1) is 12.2 Å². The van der Waals surface area contributed by atoms with Crippen molar-refractivity contribution >= 4 is 8.32 Å². The van der Waals surface area contributed by atoms with E-state index in [4.69, 9.17) is 4.43 Å². The molecular formula is C12H26O3Si. The van der Waals surface area contributed by atoms with Crippen LogP contribution in [-0.4, -0.2) is 36.8 Å². The molecule has 0 aromatic rings. The first-order valence-electron chi connectivity index (χ1n) is 6.16. The third kappa shape index (κ3) is 3.55. The van der Waals surface area contributed by atoms with E-state index in [0.29, 0.717) is 19.3 Å². The van der Waals surface area contributed by atoms with Gasteiger partial charge in [0, 0.05) is 6.10 Å². The monoisotopic (exact) mass is 246 g/mol. The predicted molar refractivity (Wildman–Crippen MR) is 67.9 cm³/mol. The second kappa shape index (κ2) is 4.76. The van der Waals surface area contributed by atoms with Gasteiger partial charge in [-0.25, -0.2) is 0 Å². The van der Waals surface area contributed by atoms with Gasteiger partial charge in [-0.15, -0.1) is 0 Å². The summed E-state index contributed by atoms with van der Waals surface area (Å²) in [4.78, 5) is 0. The summed E-state index contributed by atoms with van der Waals surface area (Å²) >= 11 is 0. The summed E-state index contributed by atoms with van der Waals surface area (Å²) in [6.45, 7) is 11.0. The van der Waals surface area contributed by atoms with Crippen molar-refractivity contribution < 1.29 is 14.6 Å². The number of aliphatic hydroxyl groups is 2. The largest absolute Gasteiger partial charge is 0.414 e. The summed E-state index contributed by atoms with van der Waals surface area (Å²) in [5.41, 5.74) is 0. The van der Waals surface area contributed by atoms with Gasteiger partial charge in [-0.2, -0.15) is 0 Å². The van der Waals surface area contributed by atoms with Crippen LogP contribution in [0.15, 0.2) is 0 Å². The van der Waals surface area contributed by atoms with Gasteiger partial charge in [0.25, 0.3) is 0 Å². The highest BCUT2D eigenvalue weighted by Gasteiger charge is 2.40. The molecule has 1 fully saturated rings. The molecule has 0 amide bonds. The summed E-state index contributed by atoms with van der Waals surface area (Å²) in [6, 6.07) is 0. The van der Waals surface area contributed by atoms with Gasteiger partial charge >= 0.3 is 0 Å². The van der Waals surface area contributed by atoms with E-state index in [1.54, 1.807) is 0 Å². The van der Waals surface area contributed by atoms with E-state index in [1.807, 2.05) is 0 Å². The predicted octanol–water partition coefficient (Wildman–Crippen LogP) is 2.28. The Balaban J connectivity index is 2.60. The van der Waals surface area contributed by atoms with Gasteiger partial charge < -0.3 is 14.6 Å². The average Bonchev–Trinajstić information content (AvgIpc) is 1.97. The molecule has 0 bridgehead atoms. The molecule has 96 valence electrons. The maximum atomic E-state index is 9.63. The highest BCUT2D eigenvalue weighted by Crippen LogP contribution is 2.39. The zero-order valence-electron chi connectivity index (χ0n) is 11.2. The molecule has 0 aromatic carbocycles. The molecule has 0 spiro atoms. The molecule has 16 heavy (non-hydrogen) atoms. The molecule has 1 rings (SSSR count). The molecule has 4 heteroatoms. The Labute approximate surface area is 100.0 Å². The van der Waals surface area contributed by atoms with Crippen LogP contribution in [0.4, 0.5) is 0 Å². The summed E-state index contributed by atoms with van der Waals surface area (Å²) < 4.78 is 6.20. The highest BCUT2D eigenvalue weighted by molar-refractivity contribution is 6.74. The summed E-state index contributed by atoms with van der Waals surface area (Å²) in [5.74, 6) is 0. The van der Waals surface area contributed by atoms with E-state index < -0.39 is 20.5 Å². The molecule has 1 saturated carbocycles. The molecule has 2 unspecified atom stereocenters. The lowest BCUT2D eigenvalue weighted by atomic mass is 9.93. The van der Waals surface area contributed by atoms with Gasteiger partial charge in [0.1, 0.15) is 0 Å². The maximum absolute atomic E-state index is 9.63. The van der Waals surface area contributed by atoms with Gasteiger partial charge in [0.15, 0.2) is 8.32 Å². The Hall–Kier alpha value is 0.0969. The van der Waals surface area contributed by atoms with Crippen LogP contribution in [-0.2, 0) is 4.43 Å². The minimum Gasteiger partial charge on any atom is -0.414 e. The van der Waals surface area contributed by atoms with Gasteiger partial charge in [0.2, 0.25) is 0 Å². The quantitative estimate of drug-likeness (QED) is 0.735. The van der Waals surface area contributed by atoms with Crippen molar-refractivity contribution in [3.8, 4) is 0 Å². The average molecular weight is 246 g/mol. The molecular weight excluding hydrogens is 220 g/mol. The van der Waals surface area contributed by atoms with Crippen LogP contribution in [0.2, 0.25) is 18.1 Å². The van der Waals surface area contributed by atoms with E-state index in [0.717, 1.165) is 0 Å². The first-order valence-corrected chi connectivity index (χ1v) is 9.06. The Morgan fingerprint density at radius 1 is 1.00 bits per heavy atom. The second-order valence-electron chi connectivity index (χ2n) is 6.51. The Kier molecular flexibility index (Phi) is 4.22. The minimum atomic E-state index is -1.77. The van der Waals surface area contributed by atoms with Crippen molar-refractivity contribution in [2.75, 3.05) is 0 Å². The fraction of sp³-hybridized carbons (Fsp3) is 1.00. The first kappa shape index (κ1) is 14.2. The fourth-order valence-corrected chi connectivity index (χ4v) is 3.28. The van der Waals surface area contributed by atoms with Crippen molar-refractivity contribution in [3.05, 3.63) is 0 Å². The Morgan fingerprint density at radius 3 is 1.81 bits per heavy atom. The molecule has 2 atom stereocenters. The SMILES string of the molecule is CC(C)(C)[Si](C)(C)OC1CC(O)CC(O)C1. The van der Waals surface area contributed by atoms with Gasteiger partial charge in [-0.1, -0.05) is 20.8 Å².